The van der Waals surface area contributed by atoms with Crippen molar-refractivity contribution >= 4 is 44.2 Å². The van der Waals surface area contributed by atoms with Crippen molar-refractivity contribution in [1.29, 1.82) is 0 Å². The van der Waals surface area contributed by atoms with Crippen molar-refractivity contribution in [2.75, 3.05) is 13.7 Å². The lowest BCUT2D eigenvalue weighted by Gasteiger charge is -2.28. The summed E-state index contributed by atoms with van der Waals surface area (Å²) in [6.45, 7) is 2.25. The molecule has 0 saturated carbocycles. The van der Waals surface area contributed by atoms with Gasteiger partial charge in [-0.15, -0.1) is 0 Å². The lowest BCUT2D eigenvalue weighted by atomic mass is 9.94. The molecule has 4 rings (SSSR count). The summed E-state index contributed by atoms with van der Waals surface area (Å²) >= 11 is 5.98. The van der Waals surface area contributed by atoms with Gasteiger partial charge in [-0.2, -0.15) is 5.10 Å². The molecular weight excluding hydrogens is 438 g/mol. The number of aryl methyl sites for hydroxylation is 1. The molecule has 2 aromatic rings. The smallest absolute Gasteiger partial charge is 0.338 e. The normalized spacial score (nSPS) is 22.6. The minimum atomic E-state index is -4.36. The van der Waals surface area contributed by atoms with Gasteiger partial charge in [-0.25, -0.2) is 13.2 Å². The summed E-state index contributed by atoms with van der Waals surface area (Å²) in [5.41, 5.74) is 5.30. The quantitative estimate of drug-likeness (QED) is 0.711. The molecule has 1 N–H and O–H groups in total. The van der Waals surface area contributed by atoms with Gasteiger partial charge < -0.3 is 10.2 Å². The van der Waals surface area contributed by atoms with E-state index in [1.807, 2.05) is 31.2 Å². The summed E-state index contributed by atoms with van der Waals surface area (Å²) in [5.74, 6) is -1.50. The van der Waals surface area contributed by atoms with Crippen LogP contribution in [0.1, 0.15) is 22.6 Å². The van der Waals surface area contributed by atoms with Crippen LogP contribution in [0.4, 0.5) is 0 Å². The number of benzene rings is 2. The molecule has 2 heterocycles. The van der Waals surface area contributed by atoms with Crippen molar-refractivity contribution in [1.82, 2.24) is 5.43 Å². The summed E-state index contributed by atoms with van der Waals surface area (Å²) in [6, 6.07) is 14.1. The number of halogens is 1. The van der Waals surface area contributed by atoms with Gasteiger partial charge in [0.2, 0.25) is 14.6 Å². The molecule has 0 radical (unpaired) electrons. The second-order valence-electron chi connectivity index (χ2n) is 7.33. The second-order valence-corrected chi connectivity index (χ2v) is 9.84. The minimum Gasteiger partial charge on any atom is -0.467 e. The minimum absolute atomic E-state index is 0.130. The second kappa shape index (κ2) is 7.94. The average Bonchev–Trinajstić information content (AvgIpc) is 3.43. The van der Waals surface area contributed by atoms with E-state index in [-0.39, 0.29) is 10.6 Å². The number of nitrogens with one attached hydrogen (secondary N) is 1. The molecule has 0 aromatic heterocycles. The summed E-state index contributed by atoms with van der Waals surface area (Å²) in [7, 11) is -3.21. The van der Waals surface area contributed by atoms with E-state index >= 15 is 0 Å². The zero-order valence-electron chi connectivity index (χ0n) is 16.9. The van der Waals surface area contributed by atoms with Gasteiger partial charge in [0, 0.05) is 29.6 Å². The highest BCUT2D eigenvalue weighted by Crippen LogP contribution is 2.41. The fraction of sp³-hybridized carbons (Fsp3) is 0.227. The number of carbonyl (C=O) groups is 1. The number of sulfone groups is 1. The highest BCUT2D eigenvalue weighted by Gasteiger charge is 2.59. The summed E-state index contributed by atoms with van der Waals surface area (Å²) in [5, 5.41) is 4.45. The lowest BCUT2D eigenvalue weighted by Crippen LogP contribution is -2.52. The maximum atomic E-state index is 14.0. The van der Waals surface area contributed by atoms with Gasteiger partial charge in [0.25, 0.3) is 0 Å². The molecule has 0 bridgehead atoms. The molecular formula is C22H20ClN3O4S. The van der Waals surface area contributed by atoms with E-state index in [4.69, 9.17) is 16.3 Å². The standard InChI is InChI=1S/C22H20ClN3O4S/c1-14-3-5-15(6-4-14)18-11-25-26-20(18)31(28,29)22(21(27)30-2)13-24-12-19(22)16-7-9-17(23)10-8-16/h3-10,12-13,18,25H,11H2,1-2H3. The third-order valence-corrected chi connectivity index (χ3v) is 7.98. The van der Waals surface area contributed by atoms with Crippen molar-refractivity contribution in [2.45, 2.75) is 17.6 Å². The van der Waals surface area contributed by atoms with Crippen LogP contribution in [0.15, 0.2) is 64.8 Å². The third kappa shape index (κ3) is 3.36. The van der Waals surface area contributed by atoms with E-state index in [1.165, 1.54) is 6.20 Å². The molecule has 0 amide bonds. The molecule has 2 aliphatic heterocycles. The lowest BCUT2D eigenvalue weighted by molar-refractivity contribution is -0.140. The van der Waals surface area contributed by atoms with Crippen molar-refractivity contribution in [3.8, 4) is 0 Å². The third-order valence-electron chi connectivity index (χ3n) is 5.47. The highest BCUT2D eigenvalue weighted by atomic mass is 35.5. The van der Waals surface area contributed by atoms with Gasteiger partial charge in [0.15, 0.2) is 5.04 Å². The zero-order valence-corrected chi connectivity index (χ0v) is 18.4. The van der Waals surface area contributed by atoms with E-state index in [1.54, 1.807) is 24.3 Å². The van der Waals surface area contributed by atoms with Gasteiger partial charge >= 0.3 is 5.97 Å². The van der Waals surface area contributed by atoms with Gasteiger partial charge in [-0.05, 0) is 30.2 Å². The number of hydrogen-bond donors (Lipinski definition) is 1. The molecule has 2 atom stereocenters. The molecule has 160 valence electrons. The number of carbonyl (C=O) groups excluding carboxylic acids is 1. The Morgan fingerprint density at radius 1 is 1.16 bits per heavy atom. The molecule has 0 fully saturated rings. The number of ether oxygens (including phenoxy) is 1. The number of esters is 1. The Morgan fingerprint density at radius 2 is 1.84 bits per heavy atom. The Balaban J connectivity index is 1.85. The first kappa shape index (κ1) is 21.3. The number of hydrazone groups is 1. The molecule has 9 heteroatoms. The number of aliphatic imine (C=N–C) groups is 1. The molecule has 0 spiro atoms. The SMILES string of the molecule is COC(=O)C1(S(=O)(=O)C2=NNCC2c2ccc(C)cc2)C=NC=C1c1ccc(Cl)cc1. The molecule has 0 saturated heterocycles. The molecule has 2 aliphatic rings. The molecule has 7 nitrogen and oxygen atoms in total. The largest absolute Gasteiger partial charge is 0.467 e. The van der Waals surface area contributed by atoms with Crippen LogP contribution in [-0.2, 0) is 19.4 Å². The fourth-order valence-electron chi connectivity index (χ4n) is 3.79. The van der Waals surface area contributed by atoms with Gasteiger partial charge in [0.1, 0.15) is 0 Å². The first-order chi connectivity index (χ1) is 14.8. The number of nitrogens with zero attached hydrogens (tertiary/aromatic N) is 2. The molecule has 31 heavy (non-hydrogen) atoms. The van der Waals surface area contributed by atoms with Crippen LogP contribution in [0.25, 0.3) is 5.57 Å². The highest BCUT2D eigenvalue weighted by molar-refractivity contribution is 8.09. The van der Waals surface area contributed by atoms with Crippen molar-refractivity contribution < 1.29 is 17.9 Å². The van der Waals surface area contributed by atoms with Crippen LogP contribution in [-0.4, -0.2) is 44.0 Å². The van der Waals surface area contributed by atoms with Gasteiger partial charge in [0.05, 0.1) is 13.0 Å². The van der Waals surface area contributed by atoms with Crippen LogP contribution in [0, 0.1) is 6.92 Å². The van der Waals surface area contributed by atoms with Crippen molar-refractivity contribution in [2.24, 2.45) is 10.1 Å². The number of methoxy groups -OCH3 is 1. The predicted molar refractivity (Wildman–Crippen MR) is 121 cm³/mol. The maximum absolute atomic E-state index is 14.0. The Kier molecular flexibility index (Phi) is 5.45. The Labute approximate surface area is 185 Å². The Hall–Kier alpha value is -2.97. The van der Waals surface area contributed by atoms with E-state index in [2.05, 4.69) is 15.5 Å². The summed E-state index contributed by atoms with van der Waals surface area (Å²) in [4.78, 5) is 17.1. The molecule has 2 unspecified atom stereocenters. The van der Waals surface area contributed by atoms with Gasteiger partial charge in [-0.3, -0.25) is 4.99 Å². The van der Waals surface area contributed by atoms with E-state index in [0.29, 0.717) is 17.1 Å². The zero-order chi connectivity index (χ0) is 22.2. The fourth-order valence-corrected chi connectivity index (χ4v) is 5.99. The Bertz CT molecular complexity index is 1220. The first-order valence-corrected chi connectivity index (χ1v) is 11.4. The summed E-state index contributed by atoms with van der Waals surface area (Å²) < 4.78 is 30.9. The van der Waals surface area contributed by atoms with Crippen LogP contribution >= 0.6 is 11.6 Å². The van der Waals surface area contributed by atoms with E-state index < -0.39 is 26.5 Å². The maximum Gasteiger partial charge on any atom is 0.338 e. The van der Waals surface area contributed by atoms with Crippen LogP contribution < -0.4 is 5.43 Å². The summed E-state index contributed by atoms with van der Waals surface area (Å²) in [6.07, 6.45) is 2.48. The predicted octanol–water partition coefficient (Wildman–Crippen LogP) is 3.10. The van der Waals surface area contributed by atoms with Crippen LogP contribution in [0.2, 0.25) is 5.02 Å². The molecule has 0 aliphatic carbocycles. The van der Waals surface area contributed by atoms with E-state index in [9.17, 15) is 13.2 Å². The first-order valence-electron chi connectivity index (χ1n) is 9.52. The van der Waals surface area contributed by atoms with Crippen LogP contribution in [0.5, 0.6) is 0 Å². The average molecular weight is 458 g/mol. The van der Waals surface area contributed by atoms with Crippen LogP contribution in [0.3, 0.4) is 0 Å². The monoisotopic (exact) mass is 457 g/mol. The number of hydrogen-bond acceptors (Lipinski definition) is 7. The molecule has 2 aromatic carbocycles. The topological polar surface area (TPSA) is 97.2 Å². The van der Waals surface area contributed by atoms with E-state index in [0.717, 1.165) is 24.5 Å². The Morgan fingerprint density at radius 3 is 2.48 bits per heavy atom. The number of rotatable bonds is 4. The van der Waals surface area contributed by atoms with Crippen molar-refractivity contribution in [3.63, 3.8) is 0 Å². The van der Waals surface area contributed by atoms with Crippen molar-refractivity contribution in [3.05, 3.63) is 76.4 Å². The van der Waals surface area contributed by atoms with Gasteiger partial charge in [-0.1, -0.05) is 53.6 Å².